The van der Waals surface area contributed by atoms with Crippen LogP contribution in [0.15, 0.2) is 0 Å². The summed E-state index contributed by atoms with van der Waals surface area (Å²) in [7, 11) is 4.57. The van der Waals surface area contributed by atoms with Gasteiger partial charge in [0, 0.05) is 0 Å². The molecule has 77 valence electrons. The molecule has 0 saturated heterocycles. The van der Waals surface area contributed by atoms with Gasteiger partial charge in [0.05, 0.1) is 0 Å². The van der Waals surface area contributed by atoms with Crippen LogP contribution in [0, 0.1) is 19.8 Å². The summed E-state index contributed by atoms with van der Waals surface area (Å²) in [6, 6.07) is 0. The van der Waals surface area contributed by atoms with E-state index in [2.05, 4.69) is 43.9 Å². The summed E-state index contributed by atoms with van der Waals surface area (Å²) < 4.78 is 0. The molecular weight excluding hydrogens is 269 g/mol. The molecule has 0 spiro atoms. The van der Waals surface area contributed by atoms with Gasteiger partial charge in [-0.3, -0.25) is 20.4 Å². The normalized spacial score (nSPS) is 4.50. The van der Waals surface area contributed by atoms with E-state index in [-0.39, 0.29) is 0 Å². The zero-order chi connectivity index (χ0) is 11.6. The molecule has 12 heavy (non-hydrogen) atoms. The third-order valence-corrected chi connectivity index (χ3v) is 0. The zero-order valence-corrected chi connectivity index (χ0v) is 9.17. The molecule has 0 N–H and O–H groups in total. The van der Waals surface area contributed by atoms with E-state index >= 15 is 0 Å². The van der Waals surface area contributed by atoms with E-state index in [4.69, 9.17) is 14.4 Å². The van der Waals surface area contributed by atoms with Crippen molar-refractivity contribution in [2.75, 3.05) is 0 Å². The first-order valence-corrected chi connectivity index (χ1v) is 4.47. The van der Waals surface area contributed by atoms with Crippen LogP contribution in [0.5, 0.6) is 0 Å². The van der Waals surface area contributed by atoms with Crippen molar-refractivity contribution >= 4 is 30.1 Å². The summed E-state index contributed by atoms with van der Waals surface area (Å²) in [4.78, 5) is 23.2. The van der Waals surface area contributed by atoms with E-state index in [1.807, 2.05) is 24.2 Å². The van der Waals surface area contributed by atoms with Crippen LogP contribution in [-0.2, 0) is 31.7 Å². The summed E-state index contributed by atoms with van der Waals surface area (Å²) in [6.45, 7) is 18.8. The Morgan fingerprint density at radius 2 is 1.00 bits per heavy atom. The quantitative estimate of drug-likeness (QED) is 0.380. The van der Waals surface area contributed by atoms with Gasteiger partial charge in [-0.25, -0.2) is 0 Å². The average molecular weight is 280 g/mol. The second-order valence-corrected chi connectivity index (χ2v) is 1.11. The van der Waals surface area contributed by atoms with Crippen LogP contribution in [-0.4, -0.2) is 20.4 Å². The first-order valence-electron chi connectivity index (χ1n) is 2.23. The van der Waals surface area contributed by atoms with Crippen LogP contribution in [0.25, 0.3) is 0 Å². The van der Waals surface area contributed by atoms with Crippen LogP contribution in [0.2, 0.25) is 0 Å². The molecule has 0 aromatic rings. The Morgan fingerprint density at radius 1 is 1.00 bits per heavy atom. The molecule has 0 unspecified atom stereocenters. The number of rotatable bonds is 0. The third-order valence-electron chi connectivity index (χ3n) is 0. The van der Waals surface area contributed by atoms with Crippen LogP contribution in [0.4, 0.5) is 0 Å². The van der Waals surface area contributed by atoms with Gasteiger partial charge in [-0.2, -0.15) is 0 Å². The maximum absolute atomic E-state index is 7.75. The zero-order valence-electron chi connectivity index (χ0n) is 6.68. The van der Waals surface area contributed by atoms with Gasteiger partial charge in [0.15, 0.2) is 0 Å². The van der Waals surface area contributed by atoms with E-state index in [0.717, 1.165) is 0 Å². The first-order chi connectivity index (χ1) is 5.73. The van der Waals surface area contributed by atoms with E-state index in [0.29, 0.717) is 5.92 Å². The van der Waals surface area contributed by atoms with E-state index in [1.165, 1.54) is 0 Å². The monoisotopic (exact) mass is 280 g/mol. The van der Waals surface area contributed by atoms with Crippen LogP contribution < -0.4 is 0 Å². The van der Waals surface area contributed by atoms with Crippen molar-refractivity contribution in [1.29, 1.82) is 0 Å². The molecule has 5 heteroatoms. The predicted molar refractivity (Wildman–Crippen MR) is 46.0 cm³/mol. The number of carbonyl (C=O) groups excluding carboxylic acids is 3. The summed E-state index contributed by atoms with van der Waals surface area (Å²) in [6.07, 6.45) is 0. The molecule has 0 bridgehead atoms. The standard InChI is InChI=1S/C4H8.3CHO.ClH.Ru/c1-4(2)3;3*1-2;;/h4H,1-2H2,3H3;3*1H;1H;/q-2;3*-1;;+1/p-1. The van der Waals surface area contributed by atoms with Gasteiger partial charge < -0.3 is 34.1 Å². The molecule has 0 aliphatic heterocycles. The SMILES string of the molecule is [CH-]=O.[CH-]=O.[CH-]=O.[CH2-]C([CH2-])C.[Cl][Ru]. The molecule has 0 radical (unpaired) electrons. The van der Waals surface area contributed by atoms with Gasteiger partial charge in [0.25, 0.3) is 0 Å². The Bertz CT molecular complexity index is 40.1. The molecule has 0 rings (SSSR count). The van der Waals surface area contributed by atoms with Crippen LogP contribution in [0.1, 0.15) is 6.92 Å². The molecule has 0 aromatic carbocycles. The molecule has 0 atom stereocenters. The van der Waals surface area contributed by atoms with E-state index < -0.39 is 0 Å². The van der Waals surface area contributed by atoms with Gasteiger partial charge in [0.1, 0.15) is 0 Å². The fourth-order valence-electron chi connectivity index (χ4n) is 0. The van der Waals surface area contributed by atoms with Crippen molar-refractivity contribution in [3.05, 3.63) is 13.8 Å². The second kappa shape index (κ2) is 126. The predicted octanol–water partition coefficient (Wildman–Crippen LogP) is 1.16. The Labute approximate surface area is 88.6 Å². The Kier molecular flexibility index (Phi) is 311. The number of hydrogen-bond acceptors (Lipinski definition) is 3. The number of halogens is 1. The number of hydrogen-bond donors (Lipinski definition) is 0. The minimum absolute atomic E-state index is 0.333. The molecule has 0 aromatic heterocycles. The topological polar surface area (TPSA) is 51.2 Å². The molecule has 0 aliphatic carbocycles. The van der Waals surface area contributed by atoms with Crippen LogP contribution >= 0.6 is 9.69 Å². The van der Waals surface area contributed by atoms with Gasteiger partial charge in [-0.1, -0.05) is 0 Å². The molecule has 0 heterocycles. The Morgan fingerprint density at radius 3 is 1.00 bits per heavy atom. The van der Waals surface area contributed by atoms with Crippen LogP contribution in [0.3, 0.4) is 0 Å². The first kappa shape index (κ1) is 29.7. The van der Waals surface area contributed by atoms with E-state index in [1.54, 1.807) is 0 Å². The third kappa shape index (κ3) is 135000. The Hall–Kier alpha value is -0.0766. The van der Waals surface area contributed by atoms with Gasteiger partial charge in [0.2, 0.25) is 0 Å². The fourth-order valence-corrected chi connectivity index (χ4v) is 0. The molecule has 0 amide bonds. The molecule has 0 fully saturated rings. The summed E-state index contributed by atoms with van der Waals surface area (Å²) in [5.41, 5.74) is 0. The molecule has 0 saturated carbocycles. The van der Waals surface area contributed by atoms with Crippen molar-refractivity contribution in [1.82, 2.24) is 0 Å². The van der Waals surface area contributed by atoms with Crippen molar-refractivity contribution in [2.45, 2.75) is 6.92 Å². The van der Waals surface area contributed by atoms with Gasteiger partial charge >= 0.3 is 27.0 Å². The maximum atomic E-state index is 7.75. The summed E-state index contributed by atoms with van der Waals surface area (Å²) in [5, 5.41) is 0. The molecular formula is C7H11ClO3Ru-5. The van der Waals surface area contributed by atoms with Gasteiger partial charge in [-0.15, -0.1) is 6.92 Å². The minimum atomic E-state index is 0.333. The van der Waals surface area contributed by atoms with Crippen molar-refractivity contribution in [2.24, 2.45) is 5.92 Å². The summed E-state index contributed by atoms with van der Waals surface area (Å²) >= 11 is 1.82. The van der Waals surface area contributed by atoms with Gasteiger partial charge in [-0.05, 0) is 0 Å². The summed E-state index contributed by atoms with van der Waals surface area (Å²) in [5.74, 6) is 0.333. The fraction of sp³-hybridized carbons (Fsp3) is 0.286. The second-order valence-electron chi connectivity index (χ2n) is 1.11. The average Bonchev–Trinajstić information content (AvgIpc) is 2.16. The molecule has 3 nitrogen and oxygen atoms in total. The van der Waals surface area contributed by atoms with Crippen molar-refractivity contribution in [3.63, 3.8) is 0 Å². The molecule has 0 aliphatic rings. The van der Waals surface area contributed by atoms with E-state index in [9.17, 15) is 0 Å². The van der Waals surface area contributed by atoms with Crippen molar-refractivity contribution in [3.8, 4) is 0 Å². The Balaban J connectivity index is -0.0000000181. The van der Waals surface area contributed by atoms with Crippen molar-refractivity contribution < 1.29 is 31.7 Å².